The van der Waals surface area contributed by atoms with Crippen molar-refractivity contribution in [1.82, 2.24) is 5.32 Å². The van der Waals surface area contributed by atoms with Gasteiger partial charge in [0.15, 0.2) is 0 Å². The summed E-state index contributed by atoms with van der Waals surface area (Å²) in [6.07, 6.45) is -0.129. The van der Waals surface area contributed by atoms with E-state index in [1.165, 1.54) is 0 Å². The number of hydrogen-bond acceptors (Lipinski definition) is 1. The van der Waals surface area contributed by atoms with Crippen molar-refractivity contribution in [3.8, 4) is 0 Å². The van der Waals surface area contributed by atoms with Gasteiger partial charge in [-0.25, -0.2) is 4.79 Å². The maximum atomic E-state index is 9.96. The van der Waals surface area contributed by atoms with Gasteiger partial charge in [-0.1, -0.05) is 15.9 Å². The Kier molecular flexibility index (Phi) is 4.48. The molecule has 0 rings (SSSR count). The molecule has 1 unspecified atom stereocenters. The molecule has 0 aliphatic rings. The van der Waals surface area contributed by atoms with Gasteiger partial charge in [-0.15, -0.1) is 0 Å². The van der Waals surface area contributed by atoms with Crippen molar-refractivity contribution in [2.75, 3.05) is 5.33 Å². The number of hydrogen-bond donors (Lipinski definition) is 2. The molecule has 9 heavy (non-hydrogen) atoms. The summed E-state index contributed by atoms with van der Waals surface area (Å²) < 4.78 is 0. The van der Waals surface area contributed by atoms with E-state index in [4.69, 9.17) is 5.11 Å². The molecule has 0 aromatic carbocycles. The highest BCUT2D eigenvalue weighted by atomic mass is 79.9. The molecular weight excluding hydrogens is 186 g/mol. The molecule has 0 aromatic heterocycles. The molecule has 4 heteroatoms. The lowest BCUT2D eigenvalue weighted by molar-refractivity contribution is 0.190. The van der Waals surface area contributed by atoms with Crippen molar-refractivity contribution in [3.63, 3.8) is 0 Å². The van der Waals surface area contributed by atoms with Gasteiger partial charge in [-0.05, 0) is 13.3 Å². The van der Waals surface area contributed by atoms with Crippen LogP contribution in [0.2, 0.25) is 0 Å². The molecule has 0 bridgehead atoms. The van der Waals surface area contributed by atoms with E-state index in [1.54, 1.807) is 0 Å². The molecule has 0 fully saturated rings. The Balaban J connectivity index is 3.26. The molecule has 0 radical (unpaired) electrons. The van der Waals surface area contributed by atoms with Gasteiger partial charge >= 0.3 is 6.09 Å². The molecule has 0 heterocycles. The van der Waals surface area contributed by atoms with Crippen LogP contribution in [0.15, 0.2) is 0 Å². The highest BCUT2D eigenvalue weighted by Crippen LogP contribution is 1.93. The zero-order valence-corrected chi connectivity index (χ0v) is 6.81. The summed E-state index contributed by atoms with van der Waals surface area (Å²) in [6.45, 7) is 1.83. The van der Waals surface area contributed by atoms with E-state index >= 15 is 0 Å². The van der Waals surface area contributed by atoms with Crippen molar-refractivity contribution in [3.05, 3.63) is 0 Å². The van der Waals surface area contributed by atoms with Crippen molar-refractivity contribution >= 4 is 22.0 Å². The lowest BCUT2D eigenvalue weighted by atomic mass is 10.3. The van der Waals surface area contributed by atoms with Crippen molar-refractivity contribution < 1.29 is 9.90 Å². The van der Waals surface area contributed by atoms with Crippen LogP contribution in [0.1, 0.15) is 13.3 Å². The normalized spacial score (nSPS) is 12.7. The Morgan fingerprint density at radius 2 is 2.44 bits per heavy atom. The Morgan fingerprint density at radius 3 is 2.78 bits per heavy atom. The van der Waals surface area contributed by atoms with Crippen LogP contribution >= 0.6 is 15.9 Å². The van der Waals surface area contributed by atoms with Crippen LogP contribution < -0.4 is 5.32 Å². The van der Waals surface area contributed by atoms with E-state index in [1.807, 2.05) is 6.92 Å². The molecule has 1 atom stereocenters. The summed E-state index contributed by atoms with van der Waals surface area (Å²) in [5, 5.41) is 11.3. The first-order valence-electron chi connectivity index (χ1n) is 2.72. The molecule has 0 saturated carbocycles. The standard InChI is InChI=1S/C5H10BrNO2/c1-4(2-3-6)7-5(8)9/h4,7H,2-3H2,1H3,(H,8,9). The topological polar surface area (TPSA) is 49.3 Å². The highest BCUT2D eigenvalue weighted by Gasteiger charge is 2.01. The predicted molar refractivity (Wildman–Crippen MR) is 39.0 cm³/mol. The number of alkyl halides is 1. The zero-order chi connectivity index (χ0) is 7.28. The minimum Gasteiger partial charge on any atom is -0.465 e. The van der Waals surface area contributed by atoms with Gasteiger partial charge < -0.3 is 10.4 Å². The Labute approximate surface area is 62.6 Å². The molecular formula is C5H10BrNO2. The average Bonchev–Trinajstić information content (AvgIpc) is 1.63. The summed E-state index contributed by atoms with van der Waals surface area (Å²) in [7, 11) is 0. The number of carbonyl (C=O) groups is 1. The number of rotatable bonds is 3. The zero-order valence-electron chi connectivity index (χ0n) is 5.22. The van der Waals surface area contributed by atoms with Crippen LogP contribution in [-0.4, -0.2) is 22.6 Å². The van der Waals surface area contributed by atoms with E-state index in [0.717, 1.165) is 11.8 Å². The summed E-state index contributed by atoms with van der Waals surface area (Å²) in [6, 6.07) is 0.0434. The largest absolute Gasteiger partial charge is 0.465 e. The van der Waals surface area contributed by atoms with Crippen molar-refractivity contribution in [2.24, 2.45) is 0 Å². The fraction of sp³-hybridized carbons (Fsp3) is 0.800. The summed E-state index contributed by atoms with van der Waals surface area (Å²) in [4.78, 5) is 9.96. The smallest absolute Gasteiger partial charge is 0.404 e. The molecule has 1 amide bonds. The molecule has 0 aliphatic heterocycles. The van der Waals surface area contributed by atoms with Crippen molar-refractivity contribution in [1.29, 1.82) is 0 Å². The van der Waals surface area contributed by atoms with Crippen molar-refractivity contribution in [2.45, 2.75) is 19.4 Å². The first-order valence-corrected chi connectivity index (χ1v) is 3.84. The van der Waals surface area contributed by atoms with Gasteiger partial charge in [-0.3, -0.25) is 0 Å². The second-order valence-corrected chi connectivity index (χ2v) is 2.62. The molecule has 0 saturated heterocycles. The van der Waals surface area contributed by atoms with E-state index in [9.17, 15) is 4.79 Å². The maximum Gasteiger partial charge on any atom is 0.404 e. The van der Waals surface area contributed by atoms with Gasteiger partial charge in [0.05, 0.1) is 0 Å². The molecule has 0 spiro atoms. The van der Waals surface area contributed by atoms with E-state index in [0.29, 0.717) is 0 Å². The predicted octanol–water partition coefficient (Wildman–Crippen LogP) is 1.43. The van der Waals surface area contributed by atoms with E-state index in [-0.39, 0.29) is 6.04 Å². The van der Waals surface area contributed by atoms with Crippen LogP contribution in [0, 0.1) is 0 Å². The quantitative estimate of drug-likeness (QED) is 0.670. The fourth-order valence-corrected chi connectivity index (χ4v) is 1.13. The van der Waals surface area contributed by atoms with Crippen LogP contribution in [0.5, 0.6) is 0 Å². The third-order valence-corrected chi connectivity index (χ3v) is 1.37. The Hall–Kier alpha value is -0.250. The Bertz CT molecular complexity index is 97.0. The van der Waals surface area contributed by atoms with Crippen LogP contribution in [-0.2, 0) is 0 Å². The van der Waals surface area contributed by atoms with Gasteiger partial charge in [-0.2, -0.15) is 0 Å². The third kappa shape index (κ3) is 5.62. The monoisotopic (exact) mass is 195 g/mol. The maximum absolute atomic E-state index is 9.96. The molecule has 3 nitrogen and oxygen atoms in total. The lowest BCUT2D eigenvalue weighted by Crippen LogP contribution is -2.31. The summed E-state index contributed by atoms with van der Waals surface area (Å²) >= 11 is 3.21. The second kappa shape index (κ2) is 4.61. The molecule has 2 N–H and O–H groups in total. The van der Waals surface area contributed by atoms with E-state index < -0.39 is 6.09 Å². The van der Waals surface area contributed by atoms with Crippen LogP contribution in [0.25, 0.3) is 0 Å². The van der Waals surface area contributed by atoms with Crippen LogP contribution in [0.3, 0.4) is 0 Å². The Morgan fingerprint density at radius 1 is 1.89 bits per heavy atom. The van der Waals surface area contributed by atoms with Gasteiger partial charge in [0.25, 0.3) is 0 Å². The number of halogens is 1. The molecule has 0 aromatic rings. The number of carboxylic acid groups (broad SMARTS) is 1. The summed E-state index contributed by atoms with van der Waals surface area (Å²) in [5.74, 6) is 0. The SMILES string of the molecule is CC(CCBr)NC(=O)O. The van der Waals surface area contributed by atoms with Gasteiger partial charge in [0, 0.05) is 11.4 Å². The first kappa shape index (κ1) is 8.75. The third-order valence-electron chi connectivity index (χ3n) is 0.912. The first-order chi connectivity index (χ1) is 4.16. The summed E-state index contributed by atoms with van der Waals surface area (Å²) in [5.41, 5.74) is 0. The van der Waals surface area contributed by atoms with Gasteiger partial charge in [0.2, 0.25) is 0 Å². The molecule has 0 aliphatic carbocycles. The minimum absolute atomic E-state index is 0.0434. The average molecular weight is 196 g/mol. The second-order valence-electron chi connectivity index (χ2n) is 1.83. The fourth-order valence-electron chi connectivity index (χ4n) is 0.447. The minimum atomic E-state index is -0.955. The van der Waals surface area contributed by atoms with Gasteiger partial charge in [0.1, 0.15) is 0 Å². The highest BCUT2D eigenvalue weighted by molar-refractivity contribution is 9.09. The molecule has 54 valence electrons. The van der Waals surface area contributed by atoms with Crippen LogP contribution in [0.4, 0.5) is 4.79 Å². The number of amides is 1. The number of nitrogens with one attached hydrogen (secondary N) is 1. The lowest BCUT2D eigenvalue weighted by Gasteiger charge is -2.07. The van der Waals surface area contributed by atoms with E-state index in [2.05, 4.69) is 21.2 Å².